The fourth-order valence-electron chi connectivity index (χ4n) is 4.97. The Bertz CT molecular complexity index is 1540. The molecule has 44 heavy (non-hydrogen) atoms. The summed E-state index contributed by atoms with van der Waals surface area (Å²) in [7, 11) is 0. The van der Waals surface area contributed by atoms with Gasteiger partial charge in [0.15, 0.2) is 5.54 Å². The van der Waals surface area contributed by atoms with E-state index in [1.165, 1.54) is 12.1 Å². The summed E-state index contributed by atoms with van der Waals surface area (Å²) in [6.07, 6.45) is -1.18. The number of nitrogens with one attached hydrogen (secondary N) is 1. The van der Waals surface area contributed by atoms with Crippen LogP contribution in [0.1, 0.15) is 63.3 Å². The Morgan fingerprint density at radius 2 is 1.36 bits per heavy atom. The summed E-state index contributed by atoms with van der Waals surface area (Å²) in [5, 5.41) is 2.78. The zero-order valence-electron chi connectivity index (χ0n) is 25.8. The molecule has 6 nitrogen and oxygen atoms in total. The molecule has 0 saturated heterocycles. The smallest absolute Gasteiger partial charge is 0.408 e. The van der Waals surface area contributed by atoms with Crippen LogP contribution in [0.4, 0.5) is 14.9 Å². The number of rotatable bonds is 10. The molecule has 0 aliphatic rings. The summed E-state index contributed by atoms with van der Waals surface area (Å²) in [6.45, 7) is 9.25. The standard InChI is InChI=1S/C37H39FN2O4/c1-26(2)44-34(41)37(25-36(3,4)5,40-35(42)43-24-27-15-9-6-10-16-27)30-21-22-32(31(38)23-30)39-33(28-17-11-7-12-18-28)29-19-13-8-14-20-29/h6-23,26H,24-25H2,1-5H3,(H,40,42). The molecular formula is C37H39FN2O4. The fourth-order valence-corrected chi connectivity index (χ4v) is 4.97. The summed E-state index contributed by atoms with van der Waals surface area (Å²) in [6, 6.07) is 32.7. The second kappa shape index (κ2) is 14.1. The highest BCUT2D eigenvalue weighted by atomic mass is 19.1. The zero-order chi connectivity index (χ0) is 31.7. The maximum atomic E-state index is 16.0. The van der Waals surface area contributed by atoms with Gasteiger partial charge in [-0.1, -0.05) is 118 Å². The largest absolute Gasteiger partial charge is 0.461 e. The van der Waals surface area contributed by atoms with E-state index in [1.807, 2.05) is 112 Å². The fraction of sp³-hybridized carbons (Fsp3) is 0.270. The van der Waals surface area contributed by atoms with Crippen LogP contribution in [0.15, 0.2) is 114 Å². The lowest BCUT2D eigenvalue weighted by Gasteiger charge is -2.38. The molecule has 4 aromatic carbocycles. The van der Waals surface area contributed by atoms with E-state index < -0.39 is 34.9 Å². The highest BCUT2D eigenvalue weighted by Crippen LogP contribution is 2.38. The van der Waals surface area contributed by atoms with Crippen LogP contribution < -0.4 is 5.32 Å². The monoisotopic (exact) mass is 594 g/mol. The van der Waals surface area contributed by atoms with Gasteiger partial charge in [0.25, 0.3) is 0 Å². The number of carbonyl (C=O) groups is 2. The second-order valence-corrected chi connectivity index (χ2v) is 12.1. The van der Waals surface area contributed by atoms with Crippen molar-refractivity contribution < 1.29 is 23.5 Å². The van der Waals surface area contributed by atoms with E-state index in [2.05, 4.69) is 5.32 Å². The van der Waals surface area contributed by atoms with Gasteiger partial charge in [-0.25, -0.2) is 19.0 Å². The SMILES string of the molecule is CC(C)OC(=O)C(CC(C)(C)C)(NC(=O)OCc1ccccc1)c1ccc(N=C(c2ccccc2)c2ccccc2)c(F)c1. The Kier molecular flexibility index (Phi) is 10.3. The minimum Gasteiger partial charge on any atom is -0.461 e. The van der Waals surface area contributed by atoms with E-state index in [9.17, 15) is 9.59 Å². The van der Waals surface area contributed by atoms with Crippen LogP contribution in [-0.2, 0) is 26.4 Å². The predicted octanol–water partition coefficient (Wildman–Crippen LogP) is 8.50. The number of aliphatic imine (C=N–C) groups is 1. The number of benzene rings is 4. The van der Waals surface area contributed by atoms with Crippen LogP contribution in [0.3, 0.4) is 0 Å². The van der Waals surface area contributed by atoms with Crippen molar-refractivity contribution >= 4 is 23.5 Å². The lowest BCUT2D eigenvalue weighted by atomic mass is 9.75. The van der Waals surface area contributed by atoms with Crippen molar-refractivity contribution in [2.45, 2.75) is 59.3 Å². The molecule has 7 heteroatoms. The third-order valence-corrected chi connectivity index (χ3v) is 6.78. The normalized spacial score (nSPS) is 12.6. The Balaban J connectivity index is 1.78. The number of halogens is 1. The summed E-state index contributed by atoms with van der Waals surface area (Å²) >= 11 is 0. The number of esters is 1. The first kappa shape index (κ1) is 32.1. The van der Waals surface area contributed by atoms with Crippen molar-refractivity contribution in [1.29, 1.82) is 0 Å². The number of ether oxygens (including phenoxy) is 2. The lowest BCUT2D eigenvalue weighted by Crippen LogP contribution is -2.55. The Hall–Kier alpha value is -4.78. The lowest BCUT2D eigenvalue weighted by molar-refractivity contribution is -0.157. The maximum Gasteiger partial charge on any atom is 0.408 e. The van der Waals surface area contributed by atoms with E-state index >= 15 is 4.39 Å². The van der Waals surface area contributed by atoms with E-state index in [4.69, 9.17) is 14.5 Å². The molecule has 0 fully saturated rings. The highest BCUT2D eigenvalue weighted by molar-refractivity contribution is 6.14. The van der Waals surface area contributed by atoms with Crippen LogP contribution in [0.2, 0.25) is 0 Å². The molecule has 0 radical (unpaired) electrons. The quantitative estimate of drug-likeness (QED) is 0.148. The molecule has 0 bridgehead atoms. The van der Waals surface area contributed by atoms with E-state index in [-0.39, 0.29) is 24.3 Å². The van der Waals surface area contributed by atoms with Crippen LogP contribution >= 0.6 is 0 Å². The predicted molar refractivity (Wildman–Crippen MR) is 171 cm³/mol. The summed E-state index contributed by atoms with van der Waals surface area (Å²) < 4.78 is 27.2. The summed E-state index contributed by atoms with van der Waals surface area (Å²) in [5.74, 6) is -1.36. The molecular weight excluding hydrogens is 555 g/mol. The number of nitrogens with zero attached hydrogens (tertiary/aromatic N) is 1. The van der Waals surface area contributed by atoms with Gasteiger partial charge in [0.05, 0.1) is 17.5 Å². The Labute approximate surface area is 259 Å². The summed E-state index contributed by atoms with van der Waals surface area (Å²) in [5.41, 5.74) is 1.14. The topological polar surface area (TPSA) is 77.0 Å². The summed E-state index contributed by atoms with van der Waals surface area (Å²) in [4.78, 5) is 31.8. The van der Waals surface area contributed by atoms with Gasteiger partial charge in [-0.15, -0.1) is 0 Å². The van der Waals surface area contributed by atoms with E-state index in [0.29, 0.717) is 5.71 Å². The maximum absolute atomic E-state index is 16.0. The van der Waals surface area contributed by atoms with Crippen LogP contribution in [0.25, 0.3) is 0 Å². The van der Waals surface area contributed by atoms with Crippen molar-refractivity contribution in [2.24, 2.45) is 10.4 Å². The van der Waals surface area contributed by atoms with Gasteiger partial charge in [0.1, 0.15) is 12.4 Å². The average molecular weight is 595 g/mol. The van der Waals surface area contributed by atoms with Gasteiger partial charge in [0.2, 0.25) is 0 Å². The molecule has 1 N–H and O–H groups in total. The number of alkyl carbamates (subject to hydrolysis) is 1. The molecule has 4 aromatic rings. The molecule has 228 valence electrons. The molecule has 4 rings (SSSR count). The number of hydrogen-bond acceptors (Lipinski definition) is 5. The van der Waals surface area contributed by atoms with Crippen molar-refractivity contribution in [1.82, 2.24) is 5.32 Å². The van der Waals surface area contributed by atoms with E-state index in [1.54, 1.807) is 19.9 Å². The molecule has 0 aliphatic heterocycles. The molecule has 1 amide bonds. The first-order valence-electron chi connectivity index (χ1n) is 14.7. The number of amides is 1. The van der Waals surface area contributed by atoms with E-state index in [0.717, 1.165) is 16.7 Å². The van der Waals surface area contributed by atoms with Crippen LogP contribution in [-0.4, -0.2) is 23.9 Å². The number of carbonyl (C=O) groups excluding carboxylic acids is 2. The molecule has 0 saturated carbocycles. The van der Waals surface area contributed by atoms with Crippen molar-refractivity contribution in [3.8, 4) is 0 Å². The van der Waals surface area contributed by atoms with Gasteiger partial charge in [-0.05, 0) is 48.9 Å². The van der Waals surface area contributed by atoms with Gasteiger partial charge in [-0.2, -0.15) is 0 Å². The third kappa shape index (κ3) is 8.40. The number of hydrogen-bond donors (Lipinski definition) is 1. The molecule has 0 heterocycles. The zero-order valence-corrected chi connectivity index (χ0v) is 25.8. The minimum atomic E-state index is -1.74. The Morgan fingerprint density at radius 3 is 1.86 bits per heavy atom. The van der Waals surface area contributed by atoms with Crippen molar-refractivity contribution in [3.63, 3.8) is 0 Å². The second-order valence-electron chi connectivity index (χ2n) is 12.1. The molecule has 0 aromatic heterocycles. The average Bonchev–Trinajstić information content (AvgIpc) is 2.99. The third-order valence-electron chi connectivity index (χ3n) is 6.78. The molecule has 0 spiro atoms. The first-order valence-corrected chi connectivity index (χ1v) is 14.7. The molecule has 1 unspecified atom stereocenters. The van der Waals surface area contributed by atoms with Gasteiger partial charge >= 0.3 is 12.1 Å². The van der Waals surface area contributed by atoms with Crippen LogP contribution in [0.5, 0.6) is 0 Å². The highest BCUT2D eigenvalue weighted by Gasteiger charge is 2.47. The van der Waals surface area contributed by atoms with Gasteiger partial charge in [0, 0.05) is 11.1 Å². The molecule has 0 aliphatic carbocycles. The minimum absolute atomic E-state index is 0.00125. The Morgan fingerprint density at radius 1 is 0.818 bits per heavy atom. The van der Waals surface area contributed by atoms with Crippen molar-refractivity contribution in [3.05, 3.63) is 137 Å². The van der Waals surface area contributed by atoms with Gasteiger partial charge < -0.3 is 14.8 Å². The van der Waals surface area contributed by atoms with Crippen molar-refractivity contribution in [2.75, 3.05) is 0 Å². The van der Waals surface area contributed by atoms with Crippen LogP contribution in [0, 0.1) is 11.2 Å². The molecule has 1 atom stereocenters. The van der Waals surface area contributed by atoms with Gasteiger partial charge in [-0.3, -0.25) is 0 Å². The first-order chi connectivity index (χ1) is 21.0.